The van der Waals surface area contributed by atoms with Crippen molar-refractivity contribution in [2.24, 2.45) is 11.8 Å². The SMILES string of the molecule is COC(=O)N[C@H](C(=O)N[C@@H]1CCC[C@H]1C)C(C)C. The summed E-state index contributed by atoms with van der Waals surface area (Å²) in [6.07, 6.45) is 2.77. The number of nitrogens with one attached hydrogen (secondary N) is 2. The molecule has 2 N–H and O–H groups in total. The van der Waals surface area contributed by atoms with Gasteiger partial charge in [-0.25, -0.2) is 4.79 Å². The van der Waals surface area contributed by atoms with Crippen LogP contribution in [0.5, 0.6) is 0 Å². The molecule has 2 amide bonds. The molecular formula is C13H24N2O3. The van der Waals surface area contributed by atoms with Crippen molar-refractivity contribution < 1.29 is 14.3 Å². The number of carbonyl (C=O) groups excluding carboxylic acids is 2. The van der Waals surface area contributed by atoms with E-state index in [1.807, 2.05) is 13.8 Å². The molecule has 0 spiro atoms. The van der Waals surface area contributed by atoms with Crippen molar-refractivity contribution >= 4 is 12.0 Å². The average molecular weight is 256 g/mol. The minimum atomic E-state index is -0.566. The number of rotatable bonds is 4. The highest BCUT2D eigenvalue weighted by Crippen LogP contribution is 2.24. The minimum Gasteiger partial charge on any atom is -0.453 e. The Morgan fingerprint density at radius 3 is 2.39 bits per heavy atom. The highest BCUT2D eigenvalue weighted by molar-refractivity contribution is 5.86. The van der Waals surface area contributed by atoms with Crippen LogP contribution in [0.2, 0.25) is 0 Å². The fourth-order valence-electron chi connectivity index (χ4n) is 2.35. The predicted molar refractivity (Wildman–Crippen MR) is 69.1 cm³/mol. The highest BCUT2D eigenvalue weighted by atomic mass is 16.5. The Morgan fingerprint density at radius 2 is 1.94 bits per heavy atom. The quantitative estimate of drug-likeness (QED) is 0.804. The molecule has 0 aromatic carbocycles. The second-order valence-corrected chi connectivity index (χ2v) is 5.38. The number of alkyl carbamates (subject to hydrolysis) is 1. The first-order chi connectivity index (χ1) is 8.45. The first-order valence-corrected chi connectivity index (χ1v) is 6.60. The van der Waals surface area contributed by atoms with Crippen molar-refractivity contribution in [3.63, 3.8) is 0 Å². The smallest absolute Gasteiger partial charge is 0.407 e. The van der Waals surface area contributed by atoms with Gasteiger partial charge >= 0.3 is 6.09 Å². The van der Waals surface area contributed by atoms with Crippen LogP contribution in [0, 0.1) is 11.8 Å². The summed E-state index contributed by atoms with van der Waals surface area (Å²) in [5.41, 5.74) is 0. The van der Waals surface area contributed by atoms with Crippen molar-refractivity contribution in [3.05, 3.63) is 0 Å². The van der Waals surface area contributed by atoms with E-state index in [9.17, 15) is 9.59 Å². The molecule has 0 radical (unpaired) electrons. The van der Waals surface area contributed by atoms with Gasteiger partial charge in [0.25, 0.3) is 0 Å². The Balaban J connectivity index is 2.56. The van der Waals surface area contributed by atoms with Crippen LogP contribution in [0.15, 0.2) is 0 Å². The van der Waals surface area contributed by atoms with E-state index in [0.29, 0.717) is 5.92 Å². The third-order valence-corrected chi connectivity index (χ3v) is 3.60. The molecule has 0 aliphatic heterocycles. The number of ether oxygens (including phenoxy) is 1. The fourth-order valence-corrected chi connectivity index (χ4v) is 2.35. The van der Waals surface area contributed by atoms with Gasteiger partial charge in [-0.2, -0.15) is 0 Å². The summed E-state index contributed by atoms with van der Waals surface area (Å²) in [6, 6.07) is -0.302. The van der Waals surface area contributed by atoms with Crippen LogP contribution in [0.4, 0.5) is 4.79 Å². The monoisotopic (exact) mass is 256 g/mol. The lowest BCUT2D eigenvalue weighted by Gasteiger charge is -2.24. The van der Waals surface area contributed by atoms with Crippen LogP contribution >= 0.6 is 0 Å². The zero-order chi connectivity index (χ0) is 13.7. The van der Waals surface area contributed by atoms with Crippen molar-refractivity contribution in [1.29, 1.82) is 0 Å². The number of methoxy groups -OCH3 is 1. The van der Waals surface area contributed by atoms with Crippen LogP contribution < -0.4 is 10.6 Å². The molecule has 1 fully saturated rings. The van der Waals surface area contributed by atoms with E-state index in [1.165, 1.54) is 7.11 Å². The first kappa shape index (κ1) is 14.8. The normalized spacial score (nSPS) is 24.7. The van der Waals surface area contributed by atoms with Gasteiger partial charge < -0.3 is 15.4 Å². The number of carbonyl (C=O) groups is 2. The Morgan fingerprint density at radius 1 is 1.28 bits per heavy atom. The van der Waals surface area contributed by atoms with E-state index in [0.717, 1.165) is 19.3 Å². The average Bonchev–Trinajstić information content (AvgIpc) is 2.71. The van der Waals surface area contributed by atoms with Gasteiger partial charge in [-0.3, -0.25) is 4.79 Å². The van der Waals surface area contributed by atoms with Crippen molar-refractivity contribution in [2.45, 2.75) is 52.1 Å². The van der Waals surface area contributed by atoms with Gasteiger partial charge in [-0.05, 0) is 24.7 Å². The zero-order valence-corrected chi connectivity index (χ0v) is 11.7. The van der Waals surface area contributed by atoms with Gasteiger partial charge in [0.15, 0.2) is 0 Å². The molecule has 18 heavy (non-hydrogen) atoms. The maximum Gasteiger partial charge on any atom is 0.407 e. The van der Waals surface area contributed by atoms with Crippen molar-refractivity contribution in [2.75, 3.05) is 7.11 Å². The largest absolute Gasteiger partial charge is 0.453 e. The molecule has 1 aliphatic rings. The fraction of sp³-hybridized carbons (Fsp3) is 0.846. The molecule has 104 valence electrons. The highest BCUT2D eigenvalue weighted by Gasteiger charge is 2.30. The van der Waals surface area contributed by atoms with E-state index >= 15 is 0 Å². The molecule has 0 unspecified atom stereocenters. The van der Waals surface area contributed by atoms with E-state index < -0.39 is 12.1 Å². The Kier molecular flexibility index (Phi) is 5.44. The summed E-state index contributed by atoms with van der Waals surface area (Å²) in [6.45, 7) is 5.95. The summed E-state index contributed by atoms with van der Waals surface area (Å²) in [4.78, 5) is 23.4. The summed E-state index contributed by atoms with van der Waals surface area (Å²) in [5.74, 6) is 0.426. The Hall–Kier alpha value is -1.26. The molecule has 0 aromatic rings. The van der Waals surface area contributed by atoms with Crippen molar-refractivity contribution in [3.8, 4) is 0 Å². The zero-order valence-electron chi connectivity index (χ0n) is 11.7. The molecule has 5 nitrogen and oxygen atoms in total. The Labute approximate surface area is 109 Å². The van der Waals surface area contributed by atoms with Gasteiger partial charge in [0, 0.05) is 6.04 Å². The molecule has 1 rings (SSSR count). The van der Waals surface area contributed by atoms with E-state index in [1.54, 1.807) is 0 Å². The molecule has 0 bridgehead atoms. The third-order valence-electron chi connectivity index (χ3n) is 3.60. The maximum atomic E-state index is 12.2. The van der Waals surface area contributed by atoms with Gasteiger partial charge in [0.05, 0.1) is 7.11 Å². The summed E-state index contributed by atoms with van der Waals surface area (Å²) in [7, 11) is 1.30. The number of hydrogen-bond acceptors (Lipinski definition) is 3. The molecule has 0 aromatic heterocycles. The lowest BCUT2D eigenvalue weighted by Crippen LogP contribution is -2.52. The summed E-state index contributed by atoms with van der Waals surface area (Å²) >= 11 is 0. The van der Waals surface area contributed by atoms with E-state index in [4.69, 9.17) is 0 Å². The van der Waals surface area contributed by atoms with Crippen LogP contribution in [0.1, 0.15) is 40.0 Å². The van der Waals surface area contributed by atoms with E-state index in [2.05, 4.69) is 22.3 Å². The molecule has 1 saturated carbocycles. The topological polar surface area (TPSA) is 67.4 Å². The van der Waals surface area contributed by atoms with Gasteiger partial charge in [0.1, 0.15) is 6.04 Å². The molecule has 0 heterocycles. The minimum absolute atomic E-state index is 0.0285. The second kappa shape index (κ2) is 6.61. The van der Waals surface area contributed by atoms with E-state index in [-0.39, 0.29) is 17.9 Å². The molecule has 5 heteroatoms. The molecule has 1 aliphatic carbocycles. The second-order valence-electron chi connectivity index (χ2n) is 5.38. The van der Waals surface area contributed by atoms with Crippen LogP contribution in [0.3, 0.4) is 0 Å². The predicted octanol–water partition coefficient (Wildman–Crippen LogP) is 1.67. The molecule has 3 atom stereocenters. The van der Waals surface area contributed by atoms with Gasteiger partial charge in [0.2, 0.25) is 5.91 Å². The van der Waals surface area contributed by atoms with Crippen molar-refractivity contribution in [1.82, 2.24) is 10.6 Å². The standard InChI is InChI=1S/C13H24N2O3/c1-8(2)11(15-13(17)18-4)12(16)14-10-7-5-6-9(10)3/h8-11H,5-7H2,1-4H3,(H,14,16)(H,15,17)/t9-,10-,11+/m1/s1. The Bertz CT molecular complexity index is 305. The van der Waals surface area contributed by atoms with Crippen LogP contribution in [-0.4, -0.2) is 31.2 Å². The lowest BCUT2D eigenvalue weighted by molar-refractivity contribution is -0.125. The third kappa shape index (κ3) is 3.89. The number of amides is 2. The molecular weight excluding hydrogens is 232 g/mol. The van der Waals surface area contributed by atoms with Gasteiger partial charge in [-0.1, -0.05) is 27.2 Å². The maximum absolute atomic E-state index is 12.2. The summed E-state index contributed by atoms with van der Waals surface area (Å²) in [5, 5.41) is 5.61. The van der Waals surface area contributed by atoms with Crippen LogP contribution in [0.25, 0.3) is 0 Å². The van der Waals surface area contributed by atoms with Gasteiger partial charge in [-0.15, -0.1) is 0 Å². The number of hydrogen-bond donors (Lipinski definition) is 2. The first-order valence-electron chi connectivity index (χ1n) is 6.60. The van der Waals surface area contributed by atoms with Crippen LogP contribution in [-0.2, 0) is 9.53 Å². The lowest BCUT2D eigenvalue weighted by atomic mass is 10.0. The summed E-state index contributed by atoms with van der Waals surface area (Å²) < 4.78 is 4.54. The molecule has 0 saturated heterocycles.